The van der Waals surface area contributed by atoms with Crippen LogP contribution in [-0.4, -0.2) is 42.2 Å². The van der Waals surface area contributed by atoms with Crippen LogP contribution >= 0.6 is 0 Å². The van der Waals surface area contributed by atoms with Gasteiger partial charge in [0.1, 0.15) is 0 Å². The molecule has 3 N–H and O–H groups in total. The molecular weight excluding hydrogens is 192 g/mol. The molecule has 15 heavy (non-hydrogen) atoms. The maximum absolute atomic E-state index is 12.0. The van der Waals surface area contributed by atoms with E-state index in [0.29, 0.717) is 6.54 Å². The van der Waals surface area contributed by atoms with Crippen molar-refractivity contribution in [2.75, 3.05) is 20.2 Å². The molecule has 1 aliphatic rings. The van der Waals surface area contributed by atoms with E-state index in [1.165, 1.54) is 6.42 Å². The second-order valence-corrected chi connectivity index (χ2v) is 4.39. The van der Waals surface area contributed by atoms with Gasteiger partial charge < -0.3 is 15.7 Å². The van der Waals surface area contributed by atoms with E-state index >= 15 is 0 Å². The number of carbonyl (C=O) groups excluding carboxylic acids is 1. The Bertz CT molecular complexity index is 209. The Morgan fingerprint density at radius 1 is 1.40 bits per heavy atom. The second kappa shape index (κ2) is 6.08. The predicted octanol–water partition coefficient (Wildman–Crippen LogP) is 0.345. The zero-order valence-corrected chi connectivity index (χ0v) is 9.48. The number of hydrogen-bond acceptors (Lipinski definition) is 3. The molecule has 1 rings (SSSR count). The van der Waals surface area contributed by atoms with E-state index in [1.807, 2.05) is 0 Å². The summed E-state index contributed by atoms with van der Waals surface area (Å²) in [6.45, 7) is 0.423. The number of rotatable bonds is 3. The maximum Gasteiger partial charge on any atom is 0.227 e. The van der Waals surface area contributed by atoms with Gasteiger partial charge in [-0.05, 0) is 12.8 Å². The number of aliphatic hydroxyl groups is 1. The molecule has 1 fully saturated rings. The van der Waals surface area contributed by atoms with Crippen LogP contribution < -0.4 is 5.73 Å². The Labute approximate surface area is 91.4 Å². The van der Waals surface area contributed by atoms with E-state index < -0.39 is 0 Å². The molecule has 4 heteroatoms. The summed E-state index contributed by atoms with van der Waals surface area (Å²) in [4.78, 5) is 13.6. The van der Waals surface area contributed by atoms with E-state index in [4.69, 9.17) is 10.8 Å². The Hall–Kier alpha value is -0.610. The first-order valence-corrected chi connectivity index (χ1v) is 5.78. The van der Waals surface area contributed by atoms with Gasteiger partial charge in [0.15, 0.2) is 0 Å². The molecule has 0 spiro atoms. The van der Waals surface area contributed by atoms with Gasteiger partial charge in [-0.15, -0.1) is 0 Å². The van der Waals surface area contributed by atoms with Crippen molar-refractivity contribution in [2.45, 2.75) is 38.1 Å². The molecule has 0 bridgehead atoms. The first-order chi connectivity index (χ1) is 7.16. The quantitative estimate of drug-likeness (QED) is 0.666. The van der Waals surface area contributed by atoms with Crippen molar-refractivity contribution in [3.8, 4) is 0 Å². The fourth-order valence-corrected chi connectivity index (χ4v) is 2.19. The van der Waals surface area contributed by atoms with Crippen molar-refractivity contribution in [2.24, 2.45) is 11.7 Å². The first kappa shape index (κ1) is 12.5. The van der Waals surface area contributed by atoms with Crippen LogP contribution in [0.2, 0.25) is 0 Å². The molecule has 0 aliphatic heterocycles. The molecule has 0 aromatic heterocycles. The summed E-state index contributed by atoms with van der Waals surface area (Å²) in [6, 6.07) is 0.00106. The average molecular weight is 214 g/mol. The van der Waals surface area contributed by atoms with E-state index in [0.717, 1.165) is 25.7 Å². The molecule has 0 aromatic carbocycles. The third kappa shape index (κ3) is 3.47. The third-order valence-electron chi connectivity index (χ3n) is 3.20. The van der Waals surface area contributed by atoms with Crippen LogP contribution in [0, 0.1) is 5.92 Å². The van der Waals surface area contributed by atoms with Gasteiger partial charge in [-0.1, -0.05) is 19.3 Å². The van der Waals surface area contributed by atoms with Crippen LogP contribution in [0.5, 0.6) is 0 Å². The lowest BCUT2D eigenvalue weighted by atomic mass is 9.94. The molecule has 0 aromatic rings. The van der Waals surface area contributed by atoms with Crippen LogP contribution in [0.1, 0.15) is 32.1 Å². The Morgan fingerprint density at radius 2 is 2.07 bits per heavy atom. The minimum Gasteiger partial charge on any atom is -0.395 e. The van der Waals surface area contributed by atoms with E-state index in [1.54, 1.807) is 11.9 Å². The third-order valence-corrected chi connectivity index (χ3v) is 3.20. The van der Waals surface area contributed by atoms with Gasteiger partial charge in [-0.25, -0.2) is 0 Å². The summed E-state index contributed by atoms with van der Waals surface area (Å²) < 4.78 is 0. The number of nitrogens with zero attached hydrogens (tertiary/aromatic N) is 1. The van der Waals surface area contributed by atoms with Crippen LogP contribution in [0.4, 0.5) is 0 Å². The number of amides is 1. The Balaban J connectivity index is 2.55. The zero-order valence-electron chi connectivity index (χ0n) is 9.48. The lowest BCUT2D eigenvalue weighted by Crippen LogP contribution is -2.43. The van der Waals surface area contributed by atoms with Crippen LogP contribution in [0.25, 0.3) is 0 Å². The summed E-state index contributed by atoms with van der Waals surface area (Å²) in [5, 5.41) is 8.78. The summed E-state index contributed by atoms with van der Waals surface area (Å²) in [7, 11) is 1.73. The normalized spacial score (nSPS) is 27.1. The molecule has 1 saturated carbocycles. The SMILES string of the molecule is CN(CCO)C(=O)C1CCCCCC1N. The number of nitrogens with two attached hydrogens (primary N) is 1. The number of likely N-dealkylation sites (N-methyl/N-ethyl adjacent to an activating group) is 1. The van der Waals surface area contributed by atoms with Crippen molar-refractivity contribution < 1.29 is 9.90 Å². The van der Waals surface area contributed by atoms with Gasteiger partial charge in [-0.2, -0.15) is 0 Å². The van der Waals surface area contributed by atoms with E-state index in [-0.39, 0.29) is 24.5 Å². The minimum absolute atomic E-state index is 0.00106. The largest absolute Gasteiger partial charge is 0.395 e. The van der Waals surface area contributed by atoms with E-state index in [9.17, 15) is 4.79 Å². The minimum atomic E-state index is -0.0379. The number of hydrogen-bond donors (Lipinski definition) is 2. The maximum atomic E-state index is 12.0. The molecular formula is C11H22N2O2. The number of carbonyl (C=O) groups is 1. The highest BCUT2D eigenvalue weighted by Crippen LogP contribution is 2.23. The first-order valence-electron chi connectivity index (χ1n) is 5.78. The Kier molecular flexibility index (Phi) is 5.05. The van der Waals surface area contributed by atoms with Gasteiger partial charge in [0.25, 0.3) is 0 Å². The molecule has 1 aliphatic carbocycles. The summed E-state index contributed by atoms with van der Waals surface area (Å²) >= 11 is 0. The van der Waals surface area contributed by atoms with Crippen LogP contribution in [-0.2, 0) is 4.79 Å². The van der Waals surface area contributed by atoms with Crippen molar-refractivity contribution in [1.29, 1.82) is 0 Å². The predicted molar refractivity (Wildman–Crippen MR) is 59.3 cm³/mol. The van der Waals surface area contributed by atoms with Crippen LogP contribution in [0.15, 0.2) is 0 Å². The van der Waals surface area contributed by atoms with Crippen molar-refractivity contribution in [3.05, 3.63) is 0 Å². The molecule has 4 nitrogen and oxygen atoms in total. The molecule has 0 radical (unpaired) electrons. The number of aliphatic hydroxyl groups excluding tert-OH is 1. The summed E-state index contributed by atoms with van der Waals surface area (Å²) in [5.41, 5.74) is 6.00. The highest BCUT2D eigenvalue weighted by atomic mass is 16.3. The molecule has 1 amide bonds. The summed E-state index contributed by atoms with van der Waals surface area (Å²) in [6.07, 6.45) is 5.26. The molecule has 0 saturated heterocycles. The van der Waals surface area contributed by atoms with Gasteiger partial charge >= 0.3 is 0 Å². The topological polar surface area (TPSA) is 66.6 Å². The summed E-state index contributed by atoms with van der Waals surface area (Å²) in [5.74, 6) is 0.0579. The molecule has 0 heterocycles. The molecule has 88 valence electrons. The smallest absolute Gasteiger partial charge is 0.227 e. The lowest BCUT2D eigenvalue weighted by molar-refractivity contribution is -0.135. The zero-order chi connectivity index (χ0) is 11.3. The van der Waals surface area contributed by atoms with Crippen molar-refractivity contribution in [3.63, 3.8) is 0 Å². The van der Waals surface area contributed by atoms with Gasteiger partial charge in [-0.3, -0.25) is 4.79 Å². The molecule has 2 atom stereocenters. The standard InChI is InChI=1S/C11H22N2O2/c1-13(7-8-14)11(15)9-5-3-2-4-6-10(9)12/h9-10,14H,2-8,12H2,1H3. The van der Waals surface area contributed by atoms with Gasteiger partial charge in [0.2, 0.25) is 5.91 Å². The monoisotopic (exact) mass is 214 g/mol. The van der Waals surface area contributed by atoms with Crippen molar-refractivity contribution in [1.82, 2.24) is 4.90 Å². The Morgan fingerprint density at radius 3 is 2.73 bits per heavy atom. The fraction of sp³-hybridized carbons (Fsp3) is 0.909. The van der Waals surface area contributed by atoms with E-state index in [2.05, 4.69) is 0 Å². The van der Waals surface area contributed by atoms with Crippen molar-refractivity contribution >= 4 is 5.91 Å². The van der Waals surface area contributed by atoms with Crippen LogP contribution in [0.3, 0.4) is 0 Å². The average Bonchev–Trinajstić information content (AvgIpc) is 2.42. The lowest BCUT2D eigenvalue weighted by Gasteiger charge is -2.25. The highest BCUT2D eigenvalue weighted by Gasteiger charge is 2.28. The fourth-order valence-electron chi connectivity index (χ4n) is 2.19. The second-order valence-electron chi connectivity index (χ2n) is 4.39. The van der Waals surface area contributed by atoms with Gasteiger partial charge in [0.05, 0.1) is 12.5 Å². The molecule has 2 unspecified atom stereocenters. The van der Waals surface area contributed by atoms with Gasteiger partial charge in [0, 0.05) is 19.6 Å². The highest BCUT2D eigenvalue weighted by molar-refractivity contribution is 5.79.